The molecule has 8 nitrogen and oxygen atoms in total. The van der Waals surface area contributed by atoms with Gasteiger partial charge in [-0.3, -0.25) is 4.90 Å². The van der Waals surface area contributed by atoms with Crippen LogP contribution in [0.5, 0.6) is 23.0 Å². The zero-order valence-corrected chi connectivity index (χ0v) is 19.8. The predicted octanol–water partition coefficient (Wildman–Crippen LogP) is 3.75. The standard InChI is InChI=1S/C24H26N2O6S/c1-5-30-23(27)21-14(2)26(15-6-9-18-20(12-15)32-11-10-31-18)24(33)25-22(21)17-8-7-16(28-3)13-19(17)29-4/h6-9,12-13,22H,5,10-11H2,1-4H3,(H,25,33)/t22-/m0/s1. The van der Waals surface area contributed by atoms with Crippen molar-refractivity contribution in [3.63, 3.8) is 0 Å². The number of methoxy groups -OCH3 is 2. The van der Waals surface area contributed by atoms with Crippen molar-refractivity contribution in [3.05, 3.63) is 53.2 Å². The molecule has 0 saturated heterocycles. The molecule has 1 atom stereocenters. The van der Waals surface area contributed by atoms with E-state index in [4.69, 9.17) is 35.9 Å². The Morgan fingerprint density at radius 2 is 1.88 bits per heavy atom. The van der Waals surface area contributed by atoms with Gasteiger partial charge in [0.05, 0.1) is 38.1 Å². The average Bonchev–Trinajstić information content (AvgIpc) is 2.83. The number of thiocarbonyl (C=S) groups is 1. The second-order valence-electron chi connectivity index (χ2n) is 7.37. The maximum Gasteiger partial charge on any atom is 0.338 e. The quantitative estimate of drug-likeness (QED) is 0.502. The van der Waals surface area contributed by atoms with Crippen LogP contribution in [0.25, 0.3) is 0 Å². The fourth-order valence-electron chi connectivity index (χ4n) is 3.99. The summed E-state index contributed by atoms with van der Waals surface area (Å²) < 4.78 is 27.7. The second kappa shape index (κ2) is 9.58. The lowest BCUT2D eigenvalue weighted by atomic mass is 9.93. The molecule has 2 aromatic carbocycles. The Bertz CT molecular complexity index is 1120. The summed E-state index contributed by atoms with van der Waals surface area (Å²) in [6, 6.07) is 10.4. The summed E-state index contributed by atoms with van der Waals surface area (Å²) in [6.07, 6.45) is 0. The zero-order valence-electron chi connectivity index (χ0n) is 19.0. The molecule has 0 radical (unpaired) electrons. The molecule has 2 aromatic rings. The highest BCUT2D eigenvalue weighted by Gasteiger charge is 2.37. The van der Waals surface area contributed by atoms with Crippen molar-refractivity contribution < 1.29 is 28.5 Å². The number of nitrogens with one attached hydrogen (secondary N) is 1. The van der Waals surface area contributed by atoms with E-state index in [0.717, 1.165) is 11.3 Å². The van der Waals surface area contributed by atoms with Crippen LogP contribution in [-0.2, 0) is 9.53 Å². The van der Waals surface area contributed by atoms with Crippen LogP contribution in [0.3, 0.4) is 0 Å². The number of benzene rings is 2. The lowest BCUT2D eigenvalue weighted by Gasteiger charge is -2.38. The van der Waals surface area contributed by atoms with Crippen LogP contribution in [-0.4, -0.2) is 45.1 Å². The second-order valence-corrected chi connectivity index (χ2v) is 7.76. The van der Waals surface area contributed by atoms with Crippen molar-refractivity contribution in [2.45, 2.75) is 19.9 Å². The number of carbonyl (C=O) groups excluding carboxylic acids is 1. The smallest absolute Gasteiger partial charge is 0.338 e. The topological polar surface area (TPSA) is 78.5 Å². The van der Waals surface area contributed by atoms with Crippen LogP contribution in [0.15, 0.2) is 47.7 Å². The largest absolute Gasteiger partial charge is 0.497 e. The van der Waals surface area contributed by atoms with Crippen molar-refractivity contribution in [3.8, 4) is 23.0 Å². The molecule has 0 unspecified atom stereocenters. The molecule has 0 spiro atoms. The molecule has 0 bridgehead atoms. The molecule has 33 heavy (non-hydrogen) atoms. The summed E-state index contributed by atoms with van der Waals surface area (Å²) in [5, 5.41) is 3.73. The molecule has 174 valence electrons. The monoisotopic (exact) mass is 470 g/mol. The summed E-state index contributed by atoms with van der Waals surface area (Å²) in [5.41, 5.74) is 2.57. The first-order valence-electron chi connectivity index (χ1n) is 10.6. The summed E-state index contributed by atoms with van der Waals surface area (Å²) in [5.74, 6) is 2.08. The molecule has 0 saturated carbocycles. The molecule has 2 aliphatic rings. The van der Waals surface area contributed by atoms with Gasteiger partial charge in [-0.05, 0) is 50.3 Å². The summed E-state index contributed by atoms with van der Waals surface area (Å²) in [4.78, 5) is 14.9. The van der Waals surface area contributed by atoms with Gasteiger partial charge in [-0.15, -0.1) is 0 Å². The van der Waals surface area contributed by atoms with E-state index in [2.05, 4.69) is 5.32 Å². The third kappa shape index (κ3) is 4.28. The molecule has 1 N–H and O–H groups in total. The van der Waals surface area contributed by atoms with Gasteiger partial charge in [0, 0.05) is 23.4 Å². The number of carbonyl (C=O) groups is 1. The van der Waals surface area contributed by atoms with Gasteiger partial charge in [-0.25, -0.2) is 4.79 Å². The molecule has 0 aliphatic carbocycles. The van der Waals surface area contributed by atoms with Crippen LogP contribution in [0.1, 0.15) is 25.5 Å². The maximum absolute atomic E-state index is 13.1. The number of ether oxygens (including phenoxy) is 5. The highest BCUT2D eigenvalue weighted by Crippen LogP contribution is 2.41. The zero-order chi connectivity index (χ0) is 23.5. The fraction of sp³-hybridized carbons (Fsp3) is 0.333. The number of hydrogen-bond donors (Lipinski definition) is 1. The first-order chi connectivity index (χ1) is 16.0. The minimum absolute atomic E-state index is 0.247. The number of allylic oxidation sites excluding steroid dienone is 1. The molecular formula is C24H26N2O6S. The number of rotatable bonds is 6. The van der Waals surface area contributed by atoms with Crippen molar-refractivity contribution in [2.24, 2.45) is 0 Å². The molecule has 0 amide bonds. The Labute approximate surface area is 198 Å². The van der Waals surface area contributed by atoms with E-state index in [1.165, 1.54) is 0 Å². The number of anilines is 1. The van der Waals surface area contributed by atoms with Gasteiger partial charge in [0.1, 0.15) is 24.7 Å². The van der Waals surface area contributed by atoms with Crippen LogP contribution in [0.2, 0.25) is 0 Å². The molecule has 4 rings (SSSR count). The highest BCUT2D eigenvalue weighted by molar-refractivity contribution is 7.80. The molecule has 2 heterocycles. The molecule has 2 aliphatic heterocycles. The van der Waals surface area contributed by atoms with Crippen molar-refractivity contribution >= 4 is 29.0 Å². The Morgan fingerprint density at radius 3 is 2.58 bits per heavy atom. The lowest BCUT2D eigenvalue weighted by Crippen LogP contribution is -2.48. The normalized spacial score (nSPS) is 17.4. The van der Waals surface area contributed by atoms with Gasteiger partial charge in [0.25, 0.3) is 0 Å². The Kier molecular flexibility index (Phi) is 6.60. The first-order valence-corrected chi connectivity index (χ1v) is 11.0. The highest BCUT2D eigenvalue weighted by atomic mass is 32.1. The Hall–Kier alpha value is -3.46. The minimum Gasteiger partial charge on any atom is -0.497 e. The number of nitrogens with zero attached hydrogens (tertiary/aromatic N) is 1. The third-order valence-corrected chi connectivity index (χ3v) is 5.82. The number of fused-ring (bicyclic) bond motifs is 1. The molecule has 0 fully saturated rings. The lowest BCUT2D eigenvalue weighted by molar-refractivity contribution is -0.139. The van der Waals surface area contributed by atoms with E-state index in [1.807, 2.05) is 37.3 Å². The van der Waals surface area contributed by atoms with Crippen LogP contribution in [0.4, 0.5) is 5.69 Å². The van der Waals surface area contributed by atoms with E-state index in [0.29, 0.717) is 52.6 Å². The van der Waals surface area contributed by atoms with E-state index in [-0.39, 0.29) is 6.61 Å². The van der Waals surface area contributed by atoms with E-state index in [1.54, 1.807) is 32.1 Å². The number of hydrogen-bond acceptors (Lipinski definition) is 7. The van der Waals surface area contributed by atoms with Crippen LogP contribution < -0.4 is 29.2 Å². The Morgan fingerprint density at radius 1 is 1.12 bits per heavy atom. The molecule has 0 aromatic heterocycles. The van der Waals surface area contributed by atoms with Gasteiger partial charge >= 0.3 is 5.97 Å². The number of esters is 1. The predicted molar refractivity (Wildman–Crippen MR) is 127 cm³/mol. The van der Waals surface area contributed by atoms with E-state index < -0.39 is 12.0 Å². The van der Waals surface area contributed by atoms with Gasteiger partial charge in [0.2, 0.25) is 0 Å². The van der Waals surface area contributed by atoms with E-state index in [9.17, 15) is 4.79 Å². The summed E-state index contributed by atoms with van der Waals surface area (Å²) in [6.45, 7) is 4.85. The van der Waals surface area contributed by atoms with Crippen LogP contribution >= 0.6 is 12.2 Å². The fourth-order valence-corrected chi connectivity index (χ4v) is 4.35. The van der Waals surface area contributed by atoms with Gasteiger partial charge < -0.3 is 29.0 Å². The average molecular weight is 471 g/mol. The SMILES string of the molecule is CCOC(=O)C1=C(C)N(c2ccc3c(c2)OCCO3)C(=S)N[C@H]1c1ccc(OC)cc1OC. The maximum atomic E-state index is 13.1. The van der Waals surface area contributed by atoms with Crippen molar-refractivity contribution in [1.29, 1.82) is 0 Å². The first kappa shape index (κ1) is 22.7. The summed E-state index contributed by atoms with van der Waals surface area (Å²) in [7, 11) is 3.16. The van der Waals surface area contributed by atoms with Crippen molar-refractivity contribution in [1.82, 2.24) is 5.32 Å². The van der Waals surface area contributed by atoms with E-state index >= 15 is 0 Å². The van der Waals surface area contributed by atoms with Gasteiger partial charge in [0.15, 0.2) is 16.6 Å². The van der Waals surface area contributed by atoms with Crippen LogP contribution in [0, 0.1) is 0 Å². The molecular weight excluding hydrogens is 444 g/mol. The Balaban J connectivity index is 1.82. The third-order valence-electron chi connectivity index (χ3n) is 5.52. The minimum atomic E-state index is -0.564. The van der Waals surface area contributed by atoms with Gasteiger partial charge in [-0.1, -0.05) is 0 Å². The van der Waals surface area contributed by atoms with Crippen molar-refractivity contribution in [2.75, 3.05) is 38.9 Å². The van der Waals surface area contributed by atoms with Gasteiger partial charge in [-0.2, -0.15) is 0 Å². The molecule has 9 heteroatoms. The summed E-state index contributed by atoms with van der Waals surface area (Å²) >= 11 is 5.74.